The lowest BCUT2D eigenvalue weighted by Gasteiger charge is -2.35. The van der Waals surface area contributed by atoms with E-state index in [1.165, 1.54) is 17.9 Å². The number of fused-ring (bicyclic) bond motifs is 1. The molecule has 6 nitrogen and oxygen atoms in total. The molecule has 0 radical (unpaired) electrons. The standard InChI is InChI=1S/C19H23F3N2O4/c1-10(25)23-15-6-12-8-24(9-13(12)7-16(15)26)18(27)11-3-4-17(28-2)14(5-11)19(20,21)22/h3-5,12-13,15-16,26H,6-9H2,1-2H3,(H,23,25)/t12-,13+,15-,16-/m1/s1. The fourth-order valence-electron chi connectivity index (χ4n) is 4.26. The van der Waals surface area contributed by atoms with Crippen molar-refractivity contribution in [2.45, 2.75) is 38.1 Å². The van der Waals surface area contributed by atoms with Crippen molar-refractivity contribution in [1.82, 2.24) is 10.2 Å². The summed E-state index contributed by atoms with van der Waals surface area (Å²) in [5.41, 5.74) is -1.04. The van der Waals surface area contributed by atoms with Gasteiger partial charge in [0, 0.05) is 25.6 Å². The maximum atomic E-state index is 13.2. The Labute approximate surface area is 160 Å². The van der Waals surface area contributed by atoms with Crippen molar-refractivity contribution in [3.05, 3.63) is 29.3 Å². The van der Waals surface area contributed by atoms with Gasteiger partial charge >= 0.3 is 6.18 Å². The molecule has 1 aromatic rings. The van der Waals surface area contributed by atoms with Gasteiger partial charge in [-0.1, -0.05) is 0 Å². The number of nitrogens with one attached hydrogen (secondary N) is 1. The summed E-state index contributed by atoms with van der Waals surface area (Å²) in [5, 5.41) is 13.0. The number of nitrogens with zero attached hydrogens (tertiary/aromatic N) is 1. The van der Waals surface area contributed by atoms with Crippen LogP contribution in [0, 0.1) is 11.8 Å². The molecule has 2 aliphatic rings. The average molecular weight is 400 g/mol. The fraction of sp³-hybridized carbons (Fsp3) is 0.579. The number of rotatable bonds is 3. The molecular formula is C19H23F3N2O4. The summed E-state index contributed by atoms with van der Waals surface area (Å²) in [6.45, 7) is 2.14. The van der Waals surface area contributed by atoms with Gasteiger partial charge in [0.15, 0.2) is 0 Å². The Balaban J connectivity index is 1.75. The van der Waals surface area contributed by atoms with Crippen LogP contribution in [0.1, 0.15) is 35.7 Å². The molecule has 1 aromatic carbocycles. The van der Waals surface area contributed by atoms with Crippen molar-refractivity contribution < 1.29 is 32.6 Å². The molecule has 154 valence electrons. The maximum Gasteiger partial charge on any atom is 0.419 e. The fourth-order valence-corrected chi connectivity index (χ4v) is 4.26. The van der Waals surface area contributed by atoms with Gasteiger partial charge in [-0.25, -0.2) is 0 Å². The summed E-state index contributed by atoms with van der Waals surface area (Å²) in [6.07, 6.45) is -4.35. The molecule has 1 aliphatic carbocycles. The van der Waals surface area contributed by atoms with Crippen molar-refractivity contribution in [2.24, 2.45) is 11.8 Å². The molecule has 4 atom stereocenters. The Hall–Kier alpha value is -2.29. The van der Waals surface area contributed by atoms with Crippen LogP contribution in [0.5, 0.6) is 5.75 Å². The largest absolute Gasteiger partial charge is 0.496 e. The quantitative estimate of drug-likeness (QED) is 0.814. The normalized spacial score (nSPS) is 27.3. The van der Waals surface area contributed by atoms with E-state index in [1.807, 2.05) is 0 Å². The predicted molar refractivity (Wildman–Crippen MR) is 93.7 cm³/mol. The van der Waals surface area contributed by atoms with Gasteiger partial charge < -0.3 is 20.1 Å². The summed E-state index contributed by atoms with van der Waals surface area (Å²) in [5.74, 6) is -0.895. The van der Waals surface area contributed by atoms with Crippen LogP contribution in [0.3, 0.4) is 0 Å². The lowest BCUT2D eigenvalue weighted by atomic mass is 9.77. The third kappa shape index (κ3) is 4.09. The molecule has 2 fully saturated rings. The average Bonchev–Trinajstić information content (AvgIpc) is 3.02. The minimum Gasteiger partial charge on any atom is -0.496 e. The predicted octanol–water partition coefficient (Wildman–Crippen LogP) is 2.06. The van der Waals surface area contributed by atoms with Gasteiger partial charge in [-0.15, -0.1) is 0 Å². The molecule has 1 saturated heterocycles. The first-order valence-corrected chi connectivity index (χ1v) is 9.09. The molecule has 0 spiro atoms. The third-order valence-corrected chi connectivity index (χ3v) is 5.57. The van der Waals surface area contributed by atoms with Gasteiger partial charge in [-0.2, -0.15) is 13.2 Å². The number of carbonyl (C=O) groups excluding carboxylic acids is 2. The van der Waals surface area contributed by atoms with Crippen molar-refractivity contribution in [3.8, 4) is 5.75 Å². The molecule has 3 rings (SSSR count). The van der Waals surface area contributed by atoms with Crippen LogP contribution in [0.25, 0.3) is 0 Å². The number of aliphatic hydroxyl groups is 1. The van der Waals surface area contributed by atoms with E-state index >= 15 is 0 Å². The maximum absolute atomic E-state index is 13.2. The molecule has 9 heteroatoms. The minimum atomic E-state index is -4.63. The summed E-state index contributed by atoms with van der Waals surface area (Å²) < 4.78 is 44.4. The lowest BCUT2D eigenvalue weighted by Crippen LogP contribution is -2.48. The highest BCUT2D eigenvalue weighted by molar-refractivity contribution is 5.95. The number of carbonyl (C=O) groups is 2. The van der Waals surface area contributed by atoms with Gasteiger partial charge in [0.1, 0.15) is 5.75 Å². The first-order chi connectivity index (χ1) is 13.1. The molecule has 1 aliphatic heterocycles. The molecular weight excluding hydrogens is 377 g/mol. The van der Waals surface area contributed by atoms with Gasteiger partial charge in [-0.05, 0) is 42.9 Å². The van der Waals surface area contributed by atoms with Crippen LogP contribution in [-0.4, -0.2) is 54.2 Å². The molecule has 0 bridgehead atoms. The molecule has 1 heterocycles. The molecule has 2 N–H and O–H groups in total. The molecule has 1 saturated carbocycles. The number of halogens is 3. The topological polar surface area (TPSA) is 78.9 Å². The number of hydrogen-bond acceptors (Lipinski definition) is 4. The second-order valence-electron chi connectivity index (χ2n) is 7.49. The van der Waals surface area contributed by atoms with Gasteiger partial charge in [0.2, 0.25) is 5.91 Å². The van der Waals surface area contributed by atoms with Crippen LogP contribution in [0.4, 0.5) is 13.2 Å². The number of ether oxygens (including phenoxy) is 1. The summed E-state index contributed by atoms with van der Waals surface area (Å²) in [4.78, 5) is 25.6. The van der Waals surface area contributed by atoms with Gasteiger partial charge in [-0.3, -0.25) is 9.59 Å². The molecule has 0 unspecified atom stereocenters. The first-order valence-electron chi connectivity index (χ1n) is 9.09. The Morgan fingerprint density at radius 1 is 1.21 bits per heavy atom. The number of methoxy groups -OCH3 is 1. The summed E-state index contributed by atoms with van der Waals surface area (Å²) >= 11 is 0. The number of amides is 2. The van der Waals surface area contributed by atoms with Gasteiger partial charge in [0.25, 0.3) is 5.91 Å². The number of benzene rings is 1. The number of alkyl halides is 3. The van der Waals surface area contributed by atoms with E-state index in [-0.39, 0.29) is 35.1 Å². The molecule has 28 heavy (non-hydrogen) atoms. The Bertz CT molecular complexity index is 768. The zero-order valence-corrected chi connectivity index (χ0v) is 15.6. The number of aliphatic hydroxyl groups excluding tert-OH is 1. The Morgan fingerprint density at radius 2 is 1.86 bits per heavy atom. The highest BCUT2D eigenvalue weighted by Crippen LogP contribution is 2.39. The SMILES string of the molecule is COc1ccc(C(=O)N2C[C@H]3C[C@@H](NC(C)=O)[C@H](O)C[C@H]3C2)cc1C(F)(F)F. The van der Waals surface area contributed by atoms with E-state index in [0.717, 1.165) is 19.2 Å². The van der Waals surface area contributed by atoms with E-state index in [0.29, 0.717) is 25.9 Å². The van der Waals surface area contributed by atoms with Crippen LogP contribution in [0.15, 0.2) is 18.2 Å². The monoisotopic (exact) mass is 400 g/mol. The van der Waals surface area contributed by atoms with Crippen LogP contribution in [-0.2, 0) is 11.0 Å². The summed E-state index contributed by atoms with van der Waals surface area (Å²) in [7, 11) is 1.15. The van der Waals surface area contributed by atoms with Crippen molar-refractivity contribution in [3.63, 3.8) is 0 Å². The van der Waals surface area contributed by atoms with Crippen molar-refractivity contribution in [2.75, 3.05) is 20.2 Å². The van der Waals surface area contributed by atoms with Crippen LogP contribution in [0.2, 0.25) is 0 Å². The molecule has 2 amide bonds. The number of hydrogen-bond donors (Lipinski definition) is 2. The van der Waals surface area contributed by atoms with Gasteiger partial charge in [0.05, 0.1) is 24.8 Å². The van der Waals surface area contributed by atoms with E-state index in [2.05, 4.69) is 5.32 Å². The number of likely N-dealkylation sites (tertiary alicyclic amines) is 1. The smallest absolute Gasteiger partial charge is 0.419 e. The zero-order valence-electron chi connectivity index (χ0n) is 15.6. The van der Waals surface area contributed by atoms with E-state index in [4.69, 9.17) is 4.74 Å². The van der Waals surface area contributed by atoms with Crippen molar-refractivity contribution >= 4 is 11.8 Å². The van der Waals surface area contributed by atoms with E-state index < -0.39 is 23.8 Å². The minimum absolute atomic E-state index is 0.0502. The van der Waals surface area contributed by atoms with Crippen LogP contribution < -0.4 is 10.1 Å². The first kappa shape index (κ1) is 20.4. The highest BCUT2D eigenvalue weighted by atomic mass is 19.4. The third-order valence-electron chi connectivity index (χ3n) is 5.57. The Kier molecular flexibility index (Phi) is 5.56. The second kappa shape index (κ2) is 7.62. The van der Waals surface area contributed by atoms with Crippen molar-refractivity contribution in [1.29, 1.82) is 0 Å². The second-order valence-corrected chi connectivity index (χ2v) is 7.49. The lowest BCUT2D eigenvalue weighted by molar-refractivity contribution is -0.138. The van der Waals surface area contributed by atoms with E-state index in [9.17, 15) is 27.9 Å². The Morgan fingerprint density at radius 3 is 2.43 bits per heavy atom. The zero-order chi connectivity index (χ0) is 20.6. The highest BCUT2D eigenvalue weighted by Gasteiger charge is 2.43. The summed E-state index contributed by atoms with van der Waals surface area (Å²) in [6, 6.07) is 2.92. The molecule has 0 aromatic heterocycles. The van der Waals surface area contributed by atoms with E-state index in [1.54, 1.807) is 0 Å². The van der Waals surface area contributed by atoms with Crippen LogP contribution >= 0.6 is 0 Å².